The molecular formula is C4H2ClN2O2. The van der Waals surface area contributed by atoms with Crippen molar-refractivity contribution in [1.82, 2.24) is 10.6 Å². The number of nitrogens with zero attached hydrogens (tertiary/aromatic N) is 1. The third kappa shape index (κ3) is 1.43. The first-order valence-electron chi connectivity index (χ1n) is 2.12. The molecule has 47 valence electrons. The van der Waals surface area contributed by atoms with Crippen LogP contribution in [0.2, 0.25) is 0 Å². The van der Waals surface area contributed by atoms with Crippen LogP contribution in [0.1, 0.15) is 0 Å². The van der Waals surface area contributed by atoms with Gasteiger partial charge in [0.1, 0.15) is 5.16 Å². The Morgan fingerprint density at radius 3 is 2.67 bits per heavy atom. The number of imide groups is 1. The average molecular weight is 146 g/mol. The molecule has 0 aromatic heterocycles. The van der Waals surface area contributed by atoms with Crippen molar-refractivity contribution in [2.24, 2.45) is 0 Å². The molecule has 1 aliphatic heterocycles. The van der Waals surface area contributed by atoms with Crippen LogP contribution in [-0.4, -0.2) is 11.9 Å². The second-order valence-electron chi connectivity index (χ2n) is 1.37. The van der Waals surface area contributed by atoms with Crippen molar-refractivity contribution in [2.45, 2.75) is 0 Å². The normalized spacial score (nSPS) is 18.1. The molecule has 0 aromatic rings. The number of rotatable bonds is 0. The summed E-state index contributed by atoms with van der Waals surface area (Å²) in [5, 5.41) is 5.11. The third-order valence-electron chi connectivity index (χ3n) is 0.688. The van der Waals surface area contributed by atoms with E-state index in [0.29, 0.717) is 0 Å². The molecule has 1 N–H and O–H groups in total. The summed E-state index contributed by atoms with van der Waals surface area (Å²) in [5.74, 6) is -0.622. The molecule has 9 heavy (non-hydrogen) atoms. The summed E-state index contributed by atoms with van der Waals surface area (Å²) >= 11 is 5.25. The number of carbonyl (C=O) groups excluding carboxylic acids is 2. The van der Waals surface area contributed by atoms with Gasteiger partial charge in [-0.2, -0.15) is 5.32 Å². The molecule has 3 amide bonds. The van der Waals surface area contributed by atoms with Crippen molar-refractivity contribution in [1.29, 1.82) is 0 Å². The molecule has 5 heteroatoms. The highest BCUT2D eigenvalue weighted by Gasteiger charge is 2.15. The summed E-state index contributed by atoms with van der Waals surface area (Å²) in [6.07, 6.45) is 1.03. The Morgan fingerprint density at radius 2 is 2.22 bits per heavy atom. The topological polar surface area (TPSA) is 60.3 Å². The molecular weight excluding hydrogens is 144 g/mol. The Bertz CT molecular complexity index is 199. The summed E-state index contributed by atoms with van der Waals surface area (Å²) in [4.78, 5) is 20.6. The highest BCUT2D eigenvalue weighted by molar-refractivity contribution is 6.33. The molecule has 1 aliphatic rings. The van der Waals surface area contributed by atoms with E-state index in [1.807, 2.05) is 0 Å². The standard InChI is InChI=1S/C4H2ClN2O2/c5-2-1-3(8)7-4(9)6-2/h1H,(H,6,9). The zero-order valence-electron chi connectivity index (χ0n) is 4.22. The van der Waals surface area contributed by atoms with Gasteiger partial charge >= 0.3 is 6.03 Å². The van der Waals surface area contributed by atoms with Crippen LogP contribution in [0.3, 0.4) is 0 Å². The summed E-state index contributed by atoms with van der Waals surface area (Å²) < 4.78 is 0. The van der Waals surface area contributed by atoms with E-state index in [1.54, 1.807) is 0 Å². The minimum atomic E-state index is -0.715. The molecule has 0 saturated carbocycles. The van der Waals surface area contributed by atoms with Crippen LogP contribution in [0.5, 0.6) is 0 Å². The van der Waals surface area contributed by atoms with E-state index in [2.05, 4.69) is 10.6 Å². The minimum Gasteiger partial charge on any atom is -0.296 e. The van der Waals surface area contributed by atoms with E-state index in [9.17, 15) is 9.59 Å². The van der Waals surface area contributed by atoms with Crippen LogP contribution in [0.25, 0.3) is 0 Å². The van der Waals surface area contributed by atoms with Gasteiger partial charge in [-0.05, 0) is 0 Å². The average Bonchev–Trinajstić information content (AvgIpc) is 1.59. The van der Waals surface area contributed by atoms with Crippen LogP contribution in [-0.2, 0) is 4.79 Å². The number of carbonyl (C=O) groups is 2. The Kier molecular flexibility index (Phi) is 1.40. The van der Waals surface area contributed by atoms with Crippen molar-refractivity contribution in [3.63, 3.8) is 0 Å². The molecule has 0 bridgehead atoms. The number of halogens is 1. The fraction of sp³-hybridized carbons (Fsp3) is 0. The number of hydrogen-bond acceptors (Lipinski definition) is 2. The fourth-order valence-electron chi connectivity index (χ4n) is 0.407. The second kappa shape index (κ2) is 2.06. The predicted molar refractivity (Wildman–Crippen MR) is 29.6 cm³/mol. The van der Waals surface area contributed by atoms with Crippen molar-refractivity contribution in [3.8, 4) is 0 Å². The lowest BCUT2D eigenvalue weighted by Crippen LogP contribution is -2.36. The largest absolute Gasteiger partial charge is 0.349 e. The molecule has 0 spiro atoms. The monoisotopic (exact) mass is 145 g/mol. The van der Waals surface area contributed by atoms with Gasteiger partial charge in [0, 0.05) is 6.08 Å². The van der Waals surface area contributed by atoms with E-state index in [-0.39, 0.29) is 5.16 Å². The molecule has 1 radical (unpaired) electrons. The van der Waals surface area contributed by atoms with Gasteiger partial charge in [-0.25, -0.2) is 4.79 Å². The van der Waals surface area contributed by atoms with Gasteiger partial charge in [-0.1, -0.05) is 11.6 Å². The van der Waals surface area contributed by atoms with Crippen LogP contribution in [0.15, 0.2) is 11.2 Å². The van der Waals surface area contributed by atoms with Crippen LogP contribution in [0, 0.1) is 0 Å². The number of urea groups is 1. The lowest BCUT2D eigenvalue weighted by molar-refractivity contribution is -0.115. The van der Waals surface area contributed by atoms with Crippen LogP contribution in [0.4, 0.5) is 4.79 Å². The molecule has 0 aliphatic carbocycles. The summed E-state index contributed by atoms with van der Waals surface area (Å²) in [6.45, 7) is 0. The summed E-state index contributed by atoms with van der Waals surface area (Å²) in [5.41, 5.74) is 0. The smallest absolute Gasteiger partial charge is 0.296 e. The van der Waals surface area contributed by atoms with Gasteiger partial charge in [-0.15, -0.1) is 0 Å². The lowest BCUT2D eigenvalue weighted by Gasteiger charge is -2.05. The van der Waals surface area contributed by atoms with Crippen LogP contribution >= 0.6 is 11.6 Å². The summed E-state index contributed by atoms with van der Waals surface area (Å²) in [7, 11) is 0. The Hall–Kier alpha value is -1.03. The molecule has 0 fully saturated rings. The first-order valence-corrected chi connectivity index (χ1v) is 2.50. The molecule has 0 unspecified atom stereocenters. The first-order chi connectivity index (χ1) is 4.18. The molecule has 1 heterocycles. The zero-order chi connectivity index (χ0) is 6.85. The molecule has 4 nitrogen and oxygen atoms in total. The van der Waals surface area contributed by atoms with Gasteiger partial charge in [0.2, 0.25) is 0 Å². The van der Waals surface area contributed by atoms with Gasteiger partial charge in [0.15, 0.2) is 0 Å². The van der Waals surface area contributed by atoms with Gasteiger partial charge in [0.05, 0.1) is 0 Å². The van der Waals surface area contributed by atoms with E-state index < -0.39 is 11.9 Å². The minimum absolute atomic E-state index is 0.0139. The van der Waals surface area contributed by atoms with Crippen molar-refractivity contribution in [2.75, 3.05) is 0 Å². The maximum atomic E-state index is 10.3. The predicted octanol–water partition coefficient (Wildman–Crippen LogP) is -0.0792. The quantitative estimate of drug-likeness (QED) is 0.485. The molecule has 0 atom stereocenters. The molecule has 0 aromatic carbocycles. The second-order valence-corrected chi connectivity index (χ2v) is 1.78. The number of hydrogen-bond donors (Lipinski definition) is 1. The Labute approximate surface area is 55.9 Å². The Balaban J connectivity index is 2.79. The fourth-order valence-corrected chi connectivity index (χ4v) is 0.581. The third-order valence-corrected chi connectivity index (χ3v) is 0.892. The molecule has 1 rings (SSSR count). The van der Waals surface area contributed by atoms with Gasteiger partial charge in [0.25, 0.3) is 5.91 Å². The Morgan fingerprint density at radius 1 is 1.56 bits per heavy atom. The van der Waals surface area contributed by atoms with Crippen molar-refractivity contribution < 1.29 is 9.59 Å². The lowest BCUT2D eigenvalue weighted by atomic mass is 10.5. The SMILES string of the molecule is O=C1C=C(Cl)NC(=O)[N]1. The van der Waals surface area contributed by atoms with E-state index in [1.165, 1.54) is 0 Å². The highest BCUT2D eigenvalue weighted by atomic mass is 35.5. The summed E-state index contributed by atoms with van der Waals surface area (Å²) in [6, 6.07) is -0.715. The van der Waals surface area contributed by atoms with E-state index >= 15 is 0 Å². The molecule has 0 saturated heterocycles. The maximum absolute atomic E-state index is 10.3. The maximum Gasteiger partial charge on any atom is 0.349 e. The van der Waals surface area contributed by atoms with Crippen molar-refractivity contribution >= 4 is 23.5 Å². The van der Waals surface area contributed by atoms with Gasteiger partial charge < -0.3 is 0 Å². The van der Waals surface area contributed by atoms with E-state index in [4.69, 9.17) is 11.6 Å². The van der Waals surface area contributed by atoms with Crippen molar-refractivity contribution in [3.05, 3.63) is 11.2 Å². The zero-order valence-corrected chi connectivity index (χ0v) is 4.97. The van der Waals surface area contributed by atoms with Gasteiger partial charge in [-0.3, -0.25) is 10.1 Å². The first kappa shape index (κ1) is 6.10. The number of nitrogens with one attached hydrogen (secondary N) is 1. The van der Waals surface area contributed by atoms with E-state index in [0.717, 1.165) is 6.08 Å². The highest BCUT2D eigenvalue weighted by Crippen LogP contribution is 1.99. The number of amides is 3. The van der Waals surface area contributed by atoms with Crippen LogP contribution < -0.4 is 10.6 Å².